The summed E-state index contributed by atoms with van der Waals surface area (Å²) in [7, 11) is 1.59. The molecule has 0 heterocycles. The lowest BCUT2D eigenvalue weighted by molar-refractivity contribution is -0.142. The van der Waals surface area contributed by atoms with Gasteiger partial charge >= 0.3 is 5.97 Å². The van der Waals surface area contributed by atoms with Crippen LogP contribution in [0.4, 0.5) is 0 Å². The zero-order chi connectivity index (χ0) is 14.8. The summed E-state index contributed by atoms with van der Waals surface area (Å²) in [5, 5.41) is 2.61. The molecular weight excluding hydrogens is 258 g/mol. The van der Waals surface area contributed by atoms with Gasteiger partial charge in [0.25, 0.3) is 0 Å². The van der Waals surface area contributed by atoms with E-state index >= 15 is 0 Å². The second-order valence-corrected chi connectivity index (χ2v) is 3.96. The maximum absolute atomic E-state index is 11.5. The van der Waals surface area contributed by atoms with Crippen molar-refractivity contribution in [2.45, 2.75) is 13.3 Å². The molecule has 0 aliphatic heterocycles. The van der Waals surface area contributed by atoms with Crippen LogP contribution in [0.3, 0.4) is 0 Å². The van der Waals surface area contributed by atoms with Crippen LogP contribution in [0.1, 0.15) is 18.9 Å². The lowest BCUT2D eigenvalue weighted by Crippen LogP contribution is -2.24. The molecule has 0 aliphatic carbocycles. The number of carbonyl (C=O) groups is 2. The summed E-state index contributed by atoms with van der Waals surface area (Å²) in [6.45, 7) is 2.36. The second-order valence-electron chi connectivity index (χ2n) is 3.96. The molecule has 5 heteroatoms. The van der Waals surface area contributed by atoms with Crippen molar-refractivity contribution in [2.75, 3.05) is 20.3 Å². The number of benzene rings is 1. The fourth-order valence-electron chi connectivity index (χ4n) is 1.50. The summed E-state index contributed by atoms with van der Waals surface area (Å²) in [6, 6.07) is 7.36. The van der Waals surface area contributed by atoms with Gasteiger partial charge in [-0.15, -0.1) is 0 Å². The van der Waals surface area contributed by atoms with Crippen molar-refractivity contribution < 1.29 is 19.1 Å². The monoisotopic (exact) mass is 277 g/mol. The van der Waals surface area contributed by atoms with Crippen molar-refractivity contribution in [3.05, 3.63) is 35.9 Å². The van der Waals surface area contributed by atoms with Crippen molar-refractivity contribution >= 4 is 18.0 Å². The van der Waals surface area contributed by atoms with Gasteiger partial charge in [-0.05, 0) is 30.7 Å². The smallest absolute Gasteiger partial charge is 0.307 e. The van der Waals surface area contributed by atoms with Gasteiger partial charge in [0, 0.05) is 12.6 Å². The summed E-state index contributed by atoms with van der Waals surface area (Å²) in [5.74, 6) is 0.163. The predicted octanol–water partition coefficient (Wildman–Crippen LogP) is 1.78. The van der Waals surface area contributed by atoms with Crippen LogP contribution >= 0.6 is 0 Å². The van der Waals surface area contributed by atoms with Crippen LogP contribution < -0.4 is 10.1 Å². The molecule has 0 spiro atoms. The molecule has 0 aromatic heterocycles. The molecule has 1 amide bonds. The van der Waals surface area contributed by atoms with Gasteiger partial charge in [-0.25, -0.2) is 0 Å². The highest BCUT2D eigenvalue weighted by molar-refractivity contribution is 5.91. The van der Waals surface area contributed by atoms with Crippen LogP contribution in [0, 0.1) is 0 Å². The van der Waals surface area contributed by atoms with Crippen LogP contribution in [0.15, 0.2) is 30.3 Å². The molecule has 0 aliphatic rings. The van der Waals surface area contributed by atoms with Crippen LogP contribution in [0.25, 0.3) is 6.08 Å². The average Bonchev–Trinajstić information content (AvgIpc) is 2.45. The van der Waals surface area contributed by atoms with E-state index in [2.05, 4.69) is 5.32 Å². The van der Waals surface area contributed by atoms with Crippen LogP contribution in [0.2, 0.25) is 0 Å². The van der Waals surface area contributed by atoms with Gasteiger partial charge < -0.3 is 14.8 Å². The third kappa shape index (κ3) is 6.04. The first kappa shape index (κ1) is 15.8. The molecule has 0 saturated carbocycles. The predicted molar refractivity (Wildman–Crippen MR) is 76.3 cm³/mol. The fourth-order valence-corrected chi connectivity index (χ4v) is 1.50. The molecule has 0 atom stereocenters. The van der Waals surface area contributed by atoms with Crippen molar-refractivity contribution in [1.82, 2.24) is 5.32 Å². The van der Waals surface area contributed by atoms with E-state index < -0.39 is 0 Å². The number of rotatable bonds is 7. The summed E-state index contributed by atoms with van der Waals surface area (Å²) in [4.78, 5) is 22.6. The standard InChI is InChI=1S/C15H19NO4/c1-3-20-15(18)9-10-16-14(17)8-7-12-5-4-6-13(11-12)19-2/h4-8,11H,3,9-10H2,1-2H3,(H,16,17)/b8-7+. The Hall–Kier alpha value is -2.30. The zero-order valence-corrected chi connectivity index (χ0v) is 11.7. The minimum absolute atomic E-state index is 0.173. The third-order valence-electron chi connectivity index (χ3n) is 2.45. The summed E-state index contributed by atoms with van der Waals surface area (Å²) < 4.78 is 9.85. The number of nitrogens with one attached hydrogen (secondary N) is 1. The minimum Gasteiger partial charge on any atom is -0.497 e. The van der Waals surface area contributed by atoms with E-state index in [-0.39, 0.29) is 24.8 Å². The van der Waals surface area contributed by atoms with Crippen LogP contribution in [-0.2, 0) is 14.3 Å². The fraction of sp³-hybridized carbons (Fsp3) is 0.333. The maximum atomic E-state index is 11.5. The Labute approximate surface area is 118 Å². The van der Waals surface area contributed by atoms with E-state index in [9.17, 15) is 9.59 Å². The molecule has 0 saturated heterocycles. The first-order chi connectivity index (χ1) is 9.65. The largest absolute Gasteiger partial charge is 0.497 e. The summed E-state index contributed by atoms with van der Waals surface area (Å²) >= 11 is 0. The number of esters is 1. The van der Waals surface area contributed by atoms with Gasteiger partial charge in [-0.2, -0.15) is 0 Å². The lowest BCUT2D eigenvalue weighted by Gasteiger charge is -2.02. The van der Waals surface area contributed by atoms with Gasteiger partial charge in [0.1, 0.15) is 5.75 Å². The van der Waals surface area contributed by atoms with Gasteiger partial charge in [-0.3, -0.25) is 9.59 Å². The van der Waals surface area contributed by atoms with Crippen molar-refractivity contribution in [3.63, 3.8) is 0 Å². The van der Waals surface area contributed by atoms with E-state index in [0.717, 1.165) is 11.3 Å². The molecule has 108 valence electrons. The van der Waals surface area contributed by atoms with Crippen molar-refractivity contribution in [1.29, 1.82) is 0 Å². The Balaban J connectivity index is 2.37. The highest BCUT2D eigenvalue weighted by atomic mass is 16.5. The Morgan fingerprint density at radius 1 is 1.35 bits per heavy atom. The third-order valence-corrected chi connectivity index (χ3v) is 2.45. The number of amides is 1. The Kier molecular flexibility index (Phi) is 6.89. The molecule has 1 rings (SSSR count). The van der Waals surface area contributed by atoms with E-state index in [1.807, 2.05) is 24.3 Å². The van der Waals surface area contributed by atoms with Crippen LogP contribution in [-0.4, -0.2) is 32.1 Å². The number of hydrogen-bond acceptors (Lipinski definition) is 4. The zero-order valence-electron chi connectivity index (χ0n) is 11.7. The minimum atomic E-state index is -0.315. The van der Waals surface area contributed by atoms with Gasteiger partial charge in [0.05, 0.1) is 20.1 Å². The molecule has 5 nitrogen and oxygen atoms in total. The average molecular weight is 277 g/mol. The van der Waals surface area contributed by atoms with Gasteiger partial charge in [-0.1, -0.05) is 12.1 Å². The quantitative estimate of drug-likeness (QED) is 0.609. The topological polar surface area (TPSA) is 64.6 Å². The number of carbonyl (C=O) groups excluding carboxylic acids is 2. The normalized spacial score (nSPS) is 10.3. The first-order valence-corrected chi connectivity index (χ1v) is 6.41. The Morgan fingerprint density at radius 3 is 2.85 bits per heavy atom. The molecule has 0 unspecified atom stereocenters. The SMILES string of the molecule is CCOC(=O)CCNC(=O)/C=C/c1cccc(OC)c1. The van der Waals surface area contributed by atoms with Crippen molar-refractivity contribution in [2.24, 2.45) is 0 Å². The maximum Gasteiger partial charge on any atom is 0.307 e. The van der Waals surface area contributed by atoms with Gasteiger partial charge in [0.15, 0.2) is 0 Å². The number of methoxy groups -OCH3 is 1. The summed E-state index contributed by atoms with van der Waals surface area (Å²) in [5.41, 5.74) is 0.866. The molecule has 20 heavy (non-hydrogen) atoms. The van der Waals surface area contributed by atoms with Gasteiger partial charge in [0.2, 0.25) is 5.91 Å². The lowest BCUT2D eigenvalue weighted by atomic mass is 10.2. The number of hydrogen-bond donors (Lipinski definition) is 1. The molecule has 1 N–H and O–H groups in total. The first-order valence-electron chi connectivity index (χ1n) is 6.41. The van der Waals surface area contributed by atoms with E-state index in [1.54, 1.807) is 20.1 Å². The van der Waals surface area contributed by atoms with E-state index in [1.165, 1.54) is 6.08 Å². The van der Waals surface area contributed by atoms with E-state index in [0.29, 0.717) is 6.61 Å². The van der Waals surface area contributed by atoms with Crippen molar-refractivity contribution in [3.8, 4) is 5.75 Å². The molecule has 0 radical (unpaired) electrons. The molecule has 1 aromatic rings. The second kappa shape index (κ2) is 8.74. The molecule has 0 fully saturated rings. The van der Waals surface area contributed by atoms with E-state index in [4.69, 9.17) is 9.47 Å². The number of ether oxygens (including phenoxy) is 2. The highest BCUT2D eigenvalue weighted by Crippen LogP contribution is 2.13. The highest BCUT2D eigenvalue weighted by Gasteiger charge is 2.02. The summed E-state index contributed by atoms with van der Waals surface area (Å²) in [6.07, 6.45) is 3.27. The Bertz CT molecular complexity index is 483. The molecule has 1 aromatic carbocycles. The van der Waals surface area contributed by atoms with Crippen LogP contribution in [0.5, 0.6) is 5.75 Å². The molecule has 0 bridgehead atoms. The molecular formula is C15H19NO4. The Morgan fingerprint density at radius 2 is 2.15 bits per heavy atom.